The SMILES string of the molecule is CC.CC(=O)N1CCC[C@@H]1c1ccccc1.Cc1ccc(-c2cnc([C@H](C)NC(=O)CNC(=O)c3cc(C)on3)[nH]2)c(F)c1.[HH].[HH].[HH]. The minimum absolute atomic E-state index is 0. The van der Waals surface area contributed by atoms with E-state index in [9.17, 15) is 18.8 Å². The Hall–Kier alpha value is -4.80. The van der Waals surface area contributed by atoms with E-state index in [1.807, 2.05) is 49.9 Å². The Bertz CT molecular complexity index is 1550. The zero-order valence-electron chi connectivity index (χ0n) is 26.1. The third-order valence-corrected chi connectivity index (χ3v) is 6.91. The van der Waals surface area contributed by atoms with Crippen molar-refractivity contribution >= 4 is 17.7 Å². The second-order valence-corrected chi connectivity index (χ2v) is 10.2. The van der Waals surface area contributed by atoms with Crippen molar-refractivity contribution in [1.82, 2.24) is 30.7 Å². The normalized spacial score (nSPS) is 14.4. The molecule has 4 aromatic rings. The number of H-pyrrole nitrogens is 1. The Morgan fingerprint density at radius 3 is 2.50 bits per heavy atom. The summed E-state index contributed by atoms with van der Waals surface area (Å²) in [5.74, 6) is -0.0898. The van der Waals surface area contributed by atoms with Crippen molar-refractivity contribution in [3.05, 3.63) is 95.0 Å². The minimum atomic E-state index is -0.505. The van der Waals surface area contributed by atoms with Gasteiger partial charge in [-0.25, -0.2) is 9.37 Å². The standard InChI is InChI=1S/C19H20FN5O3.C12H15NO.C2H6.3H2/c1-10-4-5-13(14(20)6-10)16-8-21-18(24-16)12(3)23-17(26)9-22-19(27)15-7-11(2)28-25-15;1-10(14)13-9-5-8-12(13)11-6-3-2-4-7-11;1-2;;;/h4-8,12H,9H2,1-3H3,(H,21,24)(H,22,27)(H,23,26);2-4,6-7,12H,5,8-9H2,1H3;1-2H3;3*1H/t2*12-;;;;/m01..../s1. The molecule has 0 spiro atoms. The number of nitrogens with one attached hydrogen (secondary N) is 3. The van der Waals surface area contributed by atoms with E-state index in [-0.39, 0.29) is 28.2 Å². The number of nitrogens with zero attached hydrogens (tertiary/aromatic N) is 3. The molecule has 3 heterocycles. The fourth-order valence-electron chi connectivity index (χ4n) is 4.78. The lowest BCUT2D eigenvalue weighted by Crippen LogP contribution is -2.38. The molecule has 240 valence electrons. The van der Waals surface area contributed by atoms with Gasteiger partial charge in [-0.1, -0.05) is 55.4 Å². The highest BCUT2D eigenvalue weighted by atomic mass is 19.1. The first-order valence-corrected chi connectivity index (χ1v) is 14.8. The van der Waals surface area contributed by atoms with Crippen LogP contribution >= 0.6 is 0 Å². The summed E-state index contributed by atoms with van der Waals surface area (Å²) in [6.45, 7) is 11.5. The molecule has 10 nitrogen and oxygen atoms in total. The predicted octanol–water partition coefficient (Wildman–Crippen LogP) is 6.56. The fourth-order valence-corrected chi connectivity index (χ4v) is 4.78. The molecule has 3 N–H and O–H groups in total. The molecule has 1 aliphatic heterocycles. The maximum Gasteiger partial charge on any atom is 0.273 e. The van der Waals surface area contributed by atoms with Gasteiger partial charge in [0.2, 0.25) is 11.8 Å². The van der Waals surface area contributed by atoms with Crippen LogP contribution in [0.5, 0.6) is 0 Å². The molecule has 2 atom stereocenters. The van der Waals surface area contributed by atoms with Crippen LogP contribution in [0, 0.1) is 19.7 Å². The van der Waals surface area contributed by atoms with Gasteiger partial charge in [-0.3, -0.25) is 14.4 Å². The molecule has 0 radical (unpaired) electrons. The summed E-state index contributed by atoms with van der Waals surface area (Å²) in [7, 11) is 0. The summed E-state index contributed by atoms with van der Waals surface area (Å²) in [4.78, 5) is 44.5. The highest BCUT2D eigenvalue weighted by Gasteiger charge is 2.27. The molecule has 0 unspecified atom stereocenters. The Labute approximate surface area is 261 Å². The number of amides is 3. The lowest BCUT2D eigenvalue weighted by molar-refractivity contribution is -0.129. The number of carbonyl (C=O) groups excluding carboxylic acids is 3. The molecular weight excluding hydrogens is 563 g/mol. The summed E-state index contributed by atoms with van der Waals surface area (Å²) in [5, 5.41) is 8.75. The van der Waals surface area contributed by atoms with E-state index in [0.29, 0.717) is 28.9 Å². The van der Waals surface area contributed by atoms with Crippen LogP contribution in [0.4, 0.5) is 4.39 Å². The third kappa shape index (κ3) is 9.10. The average Bonchev–Trinajstić information content (AvgIpc) is 3.79. The summed E-state index contributed by atoms with van der Waals surface area (Å²) in [5.41, 5.74) is 3.11. The number of likely N-dealkylation sites (tertiary alicyclic amines) is 1. The number of hydrogen-bond acceptors (Lipinski definition) is 6. The van der Waals surface area contributed by atoms with Gasteiger partial charge in [0.05, 0.1) is 30.5 Å². The molecule has 2 aromatic carbocycles. The monoisotopic (exact) mass is 610 g/mol. The van der Waals surface area contributed by atoms with Crippen LogP contribution in [0.2, 0.25) is 0 Å². The molecule has 0 aliphatic carbocycles. The molecule has 0 bridgehead atoms. The van der Waals surface area contributed by atoms with Crippen LogP contribution in [0.25, 0.3) is 11.3 Å². The number of carbonyl (C=O) groups is 3. The van der Waals surface area contributed by atoms with Crippen LogP contribution in [0.3, 0.4) is 0 Å². The lowest BCUT2D eigenvalue weighted by Gasteiger charge is -2.23. The molecule has 0 saturated carbocycles. The minimum Gasteiger partial charge on any atom is -0.361 e. The Kier molecular flexibility index (Phi) is 12.4. The Morgan fingerprint density at radius 1 is 1.14 bits per heavy atom. The lowest BCUT2D eigenvalue weighted by atomic mass is 10.0. The van der Waals surface area contributed by atoms with Gasteiger partial charge < -0.3 is 25.0 Å². The van der Waals surface area contributed by atoms with E-state index in [2.05, 4.69) is 37.9 Å². The number of imidazole rings is 1. The molecule has 1 aliphatic rings. The van der Waals surface area contributed by atoms with E-state index in [0.717, 1.165) is 24.9 Å². The molecule has 5 rings (SSSR count). The Morgan fingerprint density at radius 2 is 1.86 bits per heavy atom. The quantitative estimate of drug-likeness (QED) is 0.217. The highest BCUT2D eigenvalue weighted by molar-refractivity contribution is 5.94. The van der Waals surface area contributed by atoms with Crippen molar-refractivity contribution in [1.29, 1.82) is 0 Å². The zero-order valence-corrected chi connectivity index (χ0v) is 26.1. The van der Waals surface area contributed by atoms with Crippen molar-refractivity contribution < 1.29 is 27.6 Å². The number of benzene rings is 2. The van der Waals surface area contributed by atoms with Crippen LogP contribution in [0.15, 0.2) is 65.3 Å². The van der Waals surface area contributed by atoms with E-state index in [1.54, 1.807) is 26.8 Å². The highest BCUT2D eigenvalue weighted by Crippen LogP contribution is 2.31. The number of aromatic amines is 1. The van der Waals surface area contributed by atoms with Crippen molar-refractivity contribution in [3.8, 4) is 11.3 Å². The topological polar surface area (TPSA) is 133 Å². The second kappa shape index (κ2) is 16.2. The largest absolute Gasteiger partial charge is 0.361 e. The van der Waals surface area contributed by atoms with Crippen molar-refractivity contribution in [3.63, 3.8) is 0 Å². The van der Waals surface area contributed by atoms with Gasteiger partial charge in [0.15, 0.2) is 5.69 Å². The van der Waals surface area contributed by atoms with E-state index >= 15 is 0 Å². The first kappa shape index (κ1) is 33.7. The summed E-state index contributed by atoms with van der Waals surface area (Å²) < 4.78 is 18.9. The fraction of sp³-hybridized carbons (Fsp3) is 0.364. The van der Waals surface area contributed by atoms with Crippen LogP contribution in [0.1, 0.15) is 90.1 Å². The third-order valence-electron chi connectivity index (χ3n) is 6.91. The van der Waals surface area contributed by atoms with Gasteiger partial charge in [0, 0.05) is 29.4 Å². The molecule has 11 heteroatoms. The van der Waals surface area contributed by atoms with Crippen molar-refractivity contribution in [2.24, 2.45) is 0 Å². The smallest absolute Gasteiger partial charge is 0.273 e. The summed E-state index contributed by atoms with van der Waals surface area (Å²) in [6.07, 6.45) is 3.74. The maximum absolute atomic E-state index is 14.1. The first-order chi connectivity index (χ1) is 21.1. The maximum atomic E-state index is 14.1. The molecular formula is C33H47FN6O4. The Balaban J connectivity index is 0.000000946. The number of aryl methyl sites for hydroxylation is 2. The number of hydrogen-bond donors (Lipinski definition) is 3. The predicted molar refractivity (Wildman–Crippen MR) is 172 cm³/mol. The van der Waals surface area contributed by atoms with E-state index in [1.165, 1.54) is 23.9 Å². The summed E-state index contributed by atoms with van der Waals surface area (Å²) >= 11 is 0. The number of rotatable bonds is 7. The van der Waals surface area contributed by atoms with Gasteiger partial charge in [-0.05, 0) is 56.9 Å². The van der Waals surface area contributed by atoms with E-state index < -0.39 is 17.9 Å². The van der Waals surface area contributed by atoms with Crippen LogP contribution in [-0.4, -0.2) is 50.8 Å². The van der Waals surface area contributed by atoms with E-state index in [4.69, 9.17) is 4.52 Å². The van der Waals surface area contributed by atoms with Gasteiger partial charge in [-0.2, -0.15) is 0 Å². The van der Waals surface area contributed by atoms with Gasteiger partial charge in [0.1, 0.15) is 17.4 Å². The van der Waals surface area contributed by atoms with Crippen molar-refractivity contribution in [2.45, 2.75) is 66.5 Å². The van der Waals surface area contributed by atoms with Gasteiger partial charge >= 0.3 is 0 Å². The first-order valence-electron chi connectivity index (χ1n) is 14.8. The van der Waals surface area contributed by atoms with Crippen molar-refractivity contribution in [2.75, 3.05) is 13.1 Å². The molecule has 3 amide bonds. The molecule has 44 heavy (non-hydrogen) atoms. The zero-order chi connectivity index (χ0) is 32.2. The molecule has 2 aromatic heterocycles. The summed E-state index contributed by atoms with van der Waals surface area (Å²) in [6, 6.07) is 16.5. The van der Waals surface area contributed by atoms with Gasteiger partial charge in [0.25, 0.3) is 5.91 Å². The average molecular weight is 611 g/mol. The number of aromatic nitrogens is 3. The van der Waals surface area contributed by atoms with Crippen LogP contribution < -0.4 is 10.6 Å². The number of halogens is 1. The van der Waals surface area contributed by atoms with Crippen LogP contribution in [-0.2, 0) is 9.59 Å². The second-order valence-electron chi connectivity index (χ2n) is 10.2. The molecule has 1 fully saturated rings. The van der Waals surface area contributed by atoms with Gasteiger partial charge in [-0.15, -0.1) is 0 Å². The molecule has 1 saturated heterocycles.